The Morgan fingerprint density at radius 3 is 3.00 bits per heavy atom. The lowest BCUT2D eigenvalue weighted by molar-refractivity contribution is 0.0963. The number of benzene rings is 1. The Morgan fingerprint density at radius 2 is 2.32 bits per heavy atom. The van der Waals surface area contributed by atoms with Crippen molar-refractivity contribution in [1.29, 1.82) is 0 Å². The van der Waals surface area contributed by atoms with E-state index in [2.05, 4.69) is 28.5 Å². The molecule has 5 heteroatoms. The van der Waals surface area contributed by atoms with Crippen molar-refractivity contribution in [3.63, 3.8) is 0 Å². The first-order chi connectivity index (χ1) is 8.70. The largest absolute Gasteiger partial charge is 0.355 e. The number of hydrogen-bond donors (Lipinski definition) is 2. The molecule has 4 nitrogen and oxygen atoms in total. The van der Waals surface area contributed by atoms with Gasteiger partial charge in [-0.25, -0.2) is 0 Å². The number of amides is 1. The van der Waals surface area contributed by atoms with Gasteiger partial charge >= 0.3 is 0 Å². The van der Waals surface area contributed by atoms with E-state index >= 15 is 0 Å². The van der Waals surface area contributed by atoms with E-state index in [1.165, 1.54) is 5.56 Å². The van der Waals surface area contributed by atoms with Crippen LogP contribution in [0, 0.1) is 0 Å². The number of halogens is 1. The Balaban J connectivity index is 0.00000180. The molecule has 0 saturated carbocycles. The highest BCUT2D eigenvalue weighted by atomic mass is 35.5. The number of rotatable bonds is 3. The molecule has 0 radical (unpaired) electrons. The molecule has 1 atom stereocenters. The second-order valence-electron chi connectivity index (χ2n) is 4.80. The lowest BCUT2D eigenvalue weighted by Crippen LogP contribution is -2.49. The molecule has 1 fully saturated rings. The second kappa shape index (κ2) is 7.48. The summed E-state index contributed by atoms with van der Waals surface area (Å²) in [6, 6.07) is 8.41. The average molecular weight is 284 g/mol. The molecule has 2 N–H and O–H groups in total. The Labute approximate surface area is 121 Å². The second-order valence-corrected chi connectivity index (χ2v) is 4.80. The topological polar surface area (TPSA) is 44.4 Å². The van der Waals surface area contributed by atoms with Gasteiger partial charge in [-0.1, -0.05) is 12.1 Å². The third kappa shape index (κ3) is 4.20. The minimum atomic E-state index is -0.0230. The fourth-order valence-electron chi connectivity index (χ4n) is 2.31. The molecule has 1 aromatic rings. The van der Waals surface area contributed by atoms with Crippen molar-refractivity contribution in [1.82, 2.24) is 15.5 Å². The summed E-state index contributed by atoms with van der Waals surface area (Å²) >= 11 is 0. The quantitative estimate of drug-likeness (QED) is 0.878. The number of nitrogens with zero attached hydrogens (tertiary/aromatic N) is 1. The summed E-state index contributed by atoms with van der Waals surface area (Å²) in [7, 11) is 1.66. The first kappa shape index (κ1) is 16.0. The van der Waals surface area contributed by atoms with Gasteiger partial charge in [-0.05, 0) is 24.6 Å². The highest BCUT2D eigenvalue weighted by molar-refractivity contribution is 5.94. The SMILES string of the molecule is CNC(=O)c1cccc(CN2CCNC[C@H]2C)c1.Cl. The van der Waals surface area contributed by atoms with Crippen LogP contribution in [0.25, 0.3) is 0 Å². The molecule has 1 heterocycles. The predicted octanol–water partition coefficient (Wildman–Crippen LogP) is 1.26. The van der Waals surface area contributed by atoms with E-state index < -0.39 is 0 Å². The molecule has 1 saturated heterocycles. The van der Waals surface area contributed by atoms with E-state index in [0.29, 0.717) is 6.04 Å². The van der Waals surface area contributed by atoms with Gasteiger partial charge in [0.15, 0.2) is 0 Å². The fourth-order valence-corrected chi connectivity index (χ4v) is 2.31. The van der Waals surface area contributed by atoms with Gasteiger partial charge in [-0.3, -0.25) is 9.69 Å². The molecule has 0 unspecified atom stereocenters. The van der Waals surface area contributed by atoms with Crippen LogP contribution in [-0.2, 0) is 6.54 Å². The molecule has 1 amide bonds. The molecule has 1 aliphatic rings. The van der Waals surface area contributed by atoms with Gasteiger partial charge in [0.05, 0.1) is 0 Å². The summed E-state index contributed by atoms with van der Waals surface area (Å²) in [4.78, 5) is 14.0. The van der Waals surface area contributed by atoms with Gasteiger partial charge in [-0.2, -0.15) is 0 Å². The normalized spacial score (nSPS) is 19.6. The zero-order valence-electron chi connectivity index (χ0n) is 11.5. The van der Waals surface area contributed by atoms with Crippen molar-refractivity contribution >= 4 is 18.3 Å². The maximum absolute atomic E-state index is 11.6. The molecule has 1 aliphatic heterocycles. The molecule has 106 valence electrons. The van der Waals surface area contributed by atoms with E-state index in [0.717, 1.165) is 31.7 Å². The smallest absolute Gasteiger partial charge is 0.251 e. The summed E-state index contributed by atoms with van der Waals surface area (Å²) in [5.74, 6) is -0.0230. The first-order valence-corrected chi connectivity index (χ1v) is 6.46. The maximum atomic E-state index is 11.6. The van der Waals surface area contributed by atoms with Crippen LogP contribution in [0.3, 0.4) is 0 Å². The summed E-state index contributed by atoms with van der Waals surface area (Å²) in [6.45, 7) is 6.28. The minimum Gasteiger partial charge on any atom is -0.355 e. The minimum absolute atomic E-state index is 0. The lowest BCUT2D eigenvalue weighted by atomic mass is 10.1. The summed E-state index contributed by atoms with van der Waals surface area (Å²) in [5, 5.41) is 6.04. The van der Waals surface area contributed by atoms with Gasteiger partial charge in [-0.15, -0.1) is 12.4 Å². The van der Waals surface area contributed by atoms with Crippen LogP contribution < -0.4 is 10.6 Å². The highest BCUT2D eigenvalue weighted by Gasteiger charge is 2.17. The summed E-state index contributed by atoms with van der Waals surface area (Å²) in [6.07, 6.45) is 0. The van der Waals surface area contributed by atoms with Gasteiger partial charge in [0, 0.05) is 44.8 Å². The van der Waals surface area contributed by atoms with Crippen LogP contribution in [0.15, 0.2) is 24.3 Å². The van der Waals surface area contributed by atoms with Crippen LogP contribution in [0.1, 0.15) is 22.8 Å². The van der Waals surface area contributed by atoms with Gasteiger partial charge < -0.3 is 10.6 Å². The molecular weight excluding hydrogens is 262 g/mol. The number of hydrogen-bond acceptors (Lipinski definition) is 3. The van der Waals surface area contributed by atoms with Crippen molar-refractivity contribution in [2.24, 2.45) is 0 Å². The van der Waals surface area contributed by atoms with Gasteiger partial charge in [0.2, 0.25) is 0 Å². The standard InChI is InChI=1S/C14H21N3O.ClH/c1-11-9-16-6-7-17(11)10-12-4-3-5-13(8-12)14(18)15-2;/h3-5,8,11,16H,6-7,9-10H2,1-2H3,(H,15,18);1H/t11-;/m1./s1. The zero-order valence-corrected chi connectivity index (χ0v) is 12.3. The molecule has 0 aromatic heterocycles. The predicted molar refractivity (Wildman–Crippen MR) is 79.8 cm³/mol. The van der Waals surface area contributed by atoms with Crippen molar-refractivity contribution in [2.45, 2.75) is 19.5 Å². The maximum Gasteiger partial charge on any atom is 0.251 e. The third-order valence-corrected chi connectivity index (χ3v) is 3.44. The molecule has 0 aliphatic carbocycles. The Bertz CT molecular complexity index is 425. The lowest BCUT2D eigenvalue weighted by Gasteiger charge is -2.33. The fraction of sp³-hybridized carbons (Fsp3) is 0.500. The van der Waals surface area contributed by atoms with E-state index in [4.69, 9.17) is 0 Å². The number of carbonyl (C=O) groups is 1. The van der Waals surface area contributed by atoms with Crippen molar-refractivity contribution in [3.8, 4) is 0 Å². The monoisotopic (exact) mass is 283 g/mol. The molecular formula is C14H22ClN3O. The highest BCUT2D eigenvalue weighted by Crippen LogP contribution is 2.12. The van der Waals surface area contributed by atoms with E-state index in [1.807, 2.05) is 18.2 Å². The van der Waals surface area contributed by atoms with Crippen LogP contribution in [0.5, 0.6) is 0 Å². The molecule has 1 aromatic carbocycles. The van der Waals surface area contributed by atoms with Gasteiger partial charge in [0.1, 0.15) is 0 Å². The van der Waals surface area contributed by atoms with Crippen molar-refractivity contribution < 1.29 is 4.79 Å². The molecule has 19 heavy (non-hydrogen) atoms. The average Bonchev–Trinajstić information content (AvgIpc) is 2.41. The van der Waals surface area contributed by atoms with E-state index in [-0.39, 0.29) is 18.3 Å². The van der Waals surface area contributed by atoms with Crippen molar-refractivity contribution in [2.75, 3.05) is 26.7 Å². The third-order valence-electron chi connectivity index (χ3n) is 3.44. The summed E-state index contributed by atoms with van der Waals surface area (Å²) in [5.41, 5.74) is 1.93. The zero-order chi connectivity index (χ0) is 13.0. The van der Waals surface area contributed by atoms with Crippen LogP contribution in [0.2, 0.25) is 0 Å². The first-order valence-electron chi connectivity index (χ1n) is 6.46. The Morgan fingerprint density at radius 1 is 1.53 bits per heavy atom. The number of piperazine rings is 1. The summed E-state index contributed by atoms with van der Waals surface area (Å²) < 4.78 is 0. The van der Waals surface area contributed by atoms with Crippen LogP contribution >= 0.6 is 12.4 Å². The number of carbonyl (C=O) groups excluding carboxylic acids is 1. The van der Waals surface area contributed by atoms with E-state index in [1.54, 1.807) is 7.05 Å². The van der Waals surface area contributed by atoms with Crippen molar-refractivity contribution in [3.05, 3.63) is 35.4 Å². The van der Waals surface area contributed by atoms with Gasteiger partial charge in [0.25, 0.3) is 5.91 Å². The number of nitrogens with one attached hydrogen (secondary N) is 2. The Kier molecular flexibility index (Phi) is 6.28. The molecule has 2 rings (SSSR count). The van der Waals surface area contributed by atoms with Crippen LogP contribution in [0.4, 0.5) is 0 Å². The van der Waals surface area contributed by atoms with E-state index in [9.17, 15) is 4.79 Å². The molecule has 0 bridgehead atoms. The van der Waals surface area contributed by atoms with Crippen LogP contribution in [-0.4, -0.2) is 43.5 Å². The Hall–Kier alpha value is -1.10. The molecule has 0 spiro atoms.